The number of hydrogen-bond donors (Lipinski definition) is 2. The number of amides is 2. The SMILES string of the molecule is CCCCc1ccc(CC(=O)Nc2ccccc2C(=O)NC2CC2)cc1. The van der Waals surface area contributed by atoms with Gasteiger partial charge in [-0.25, -0.2) is 0 Å². The van der Waals surface area contributed by atoms with Gasteiger partial charge in [0, 0.05) is 6.04 Å². The van der Waals surface area contributed by atoms with Crippen molar-refractivity contribution in [3.8, 4) is 0 Å². The highest BCUT2D eigenvalue weighted by Gasteiger charge is 2.25. The Morgan fingerprint density at radius 3 is 2.38 bits per heavy atom. The van der Waals surface area contributed by atoms with Gasteiger partial charge < -0.3 is 10.6 Å². The molecule has 0 heterocycles. The first-order chi connectivity index (χ1) is 12.7. The van der Waals surface area contributed by atoms with Crippen LogP contribution in [0.1, 0.15) is 54.1 Å². The van der Waals surface area contributed by atoms with E-state index in [1.807, 2.05) is 24.3 Å². The Balaban J connectivity index is 1.60. The van der Waals surface area contributed by atoms with Gasteiger partial charge in [0.25, 0.3) is 5.91 Å². The predicted octanol–water partition coefficient (Wildman–Crippen LogP) is 4.10. The number of hydrogen-bond acceptors (Lipinski definition) is 2. The Morgan fingerprint density at radius 1 is 1.00 bits per heavy atom. The van der Waals surface area contributed by atoms with E-state index in [1.165, 1.54) is 18.4 Å². The molecular weight excluding hydrogens is 324 g/mol. The van der Waals surface area contributed by atoms with E-state index in [-0.39, 0.29) is 17.9 Å². The van der Waals surface area contributed by atoms with E-state index in [0.29, 0.717) is 17.7 Å². The average molecular weight is 350 g/mol. The van der Waals surface area contributed by atoms with Gasteiger partial charge in [-0.05, 0) is 48.9 Å². The lowest BCUT2D eigenvalue weighted by Crippen LogP contribution is -2.27. The van der Waals surface area contributed by atoms with Crippen LogP contribution >= 0.6 is 0 Å². The number of aryl methyl sites for hydroxylation is 1. The molecule has 4 nitrogen and oxygen atoms in total. The quantitative estimate of drug-likeness (QED) is 0.753. The van der Waals surface area contributed by atoms with Crippen LogP contribution in [0.5, 0.6) is 0 Å². The van der Waals surface area contributed by atoms with Crippen LogP contribution in [0.25, 0.3) is 0 Å². The number of nitrogens with one attached hydrogen (secondary N) is 2. The van der Waals surface area contributed by atoms with Crippen molar-refractivity contribution in [1.82, 2.24) is 5.32 Å². The summed E-state index contributed by atoms with van der Waals surface area (Å²) in [6, 6.07) is 15.6. The van der Waals surface area contributed by atoms with Crippen molar-refractivity contribution in [2.24, 2.45) is 0 Å². The molecule has 136 valence electrons. The largest absolute Gasteiger partial charge is 0.349 e. The molecule has 0 saturated heterocycles. The van der Waals surface area contributed by atoms with E-state index in [2.05, 4.69) is 29.7 Å². The average Bonchev–Trinajstić information content (AvgIpc) is 3.45. The molecule has 0 bridgehead atoms. The Hall–Kier alpha value is -2.62. The van der Waals surface area contributed by atoms with Gasteiger partial charge in [-0.1, -0.05) is 49.7 Å². The Kier molecular flexibility index (Phi) is 6.05. The van der Waals surface area contributed by atoms with Crippen molar-refractivity contribution in [3.63, 3.8) is 0 Å². The molecule has 2 N–H and O–H groups in total. The maximum absolute atomic E-state index is 12.4. The molecule has 1 aliphatic carbocycles. The third kappa shape index (κ3) is 5.19. The highest BCUT2D eigenvalue weighted by atomic mass is 16.2. The first kappa shape index (κ1) is 18.2. The first-order valence-corrected chi connectivity index (χ1v) is 9.43. The molecule has 0 atom stereocenters. The van der Waals surface area contributed by atoms with Crippen LogP contribution in [-0.2, 0) is 17.6 Å². The summed E-state index contributed by atoms with van der Waals surface area (Å²) in [7, 11) is 0. The fourth-order valence-electron chi connectivity index (χ4n) is 2.87. The van der Waals surface area contributed by atoms with Crippen LogP contribution in [0.2, 0.25) is 0 Å². The molecule has 1 aliphatic rings. The van der Waals surface area contributed by atoms with Gasteiger partial charge in [-0.15, -0.1) is 0 Å². The molecule has 2 aromatic carbocycles. The van der Waals surface area contributed by atoms with Crippen LogP contribution in [0.15, 0.2) is 48.5 Å². The summed E-state index contributed by atoms with van der Waals surface area (Å²) >= 11 is 0. The zero-order valence-corrected chi connectivity index (χ0v) is 15.3. The summed E-state index contributed by atoms with van der Waals surface area (Å²) in [6.45, 7) is 2.18. The predicted molar refractivity (Wildman–Crippen MR) is 104 cm³/mol. The topological polar surface area (TPSA) is 58.2 Å². The fraction of sp³-hybridized carbons (Fsp3) is 0.364. The third-order valence-electron chi connectivity index (χ3n) is 4.57. The monoisotopic (exact) mass is 350 g/mol. The molecule has 0 unspecified atom stereocenters. The lowest BCUT2D eigenvalue weighted by molar-refractivity contribution is -0.115. The minimum atomic E-state index is -0.122. The summed E-state index contributed by atoms with van der Waals surface area (Å²) in [5.41, 5.74) is 3.36. The molecule has 2 aromatic rings. The minimum Gasteiger partial charge on any atom is -0.349 e. The zero-order chi connectivity index (χ0) is 18.4. The molecule has 0 radical (unpaired) electrons. The Labute approximate surface area is 155 Å². The second-order valence-corrected chi connectivity index (χ2v) is 6.94. The summed E-state index contributed by atoms with van der Waals surface area (Å²) in [5.74, 6) is -0.235. The fourth-order valence-corrected chi connectivity index (χ4v) is 2.87. The van der Waals surface area contributed by atoms with Gasteiger partial charge in [0.15, 0.2) is 0 Å². The van der Waals surface area contributed by atoms with Crippen molar-refractivity contribution in [2.45, 2.75) is 51.5 Å². The normalized spacial score (nSPS) is 13.3. The van der Waals surface area contributed by atoms with E-state index in [1.54, 1.807) is 12.1 Å². The minimum absolute atomic E-state index is 0.113. The van der Waals surface area contributed by atoms with Gasteiger partial charge in [-0.3, -0.25) is 9.59 Å². The number of rotatable bonds is 8. The van der Waals surface area contributed by atoms with Crippen LogP contribution < -0.4 is 10.6 Å². The second kappa shape index (κ2) is 8.65. The smallest absolute Gasteiger partial charge is 0.253 e. The maximum Gasteiger partial charge on any atom is 0.253 e. The van der Waals surface area contributed by atoms with Crippen LogP contribution in [0, 0.1) is 0 Å². The van der Waals surface area contributed by atoms with Crippen molar-refractivity contribution < 1.29 is 9.59 Å². The maximum atomic E-state index is 12.4. The molecule has 3 rings (SSSR count). The molecule has 4 heteroatoms. The van der Waals surface area contributed by atoms with Gasteiger partial charge in [0.1, 0.15) is 0 Å². The van der Waals surface area contributed by atoms with Crippen molar-refractivity contribution in [1.29, 1.82) is 0 Å². The Bertz CT molecular complexity index is 764. The van der Waals surface area contributed by atoms with Crippen LogP contribution in [0.3, 0.4) is 0 Å². The highest BCUT2D eigenvalue weighted by Crippen LogP contribution is 2.21. The molecule has 2 amide bonds. The summed E-state index contributed by atoms with van der Waals surface area (Å²) < 4.78 is 0. The zero-order valence-electron chi connectivity index (χ0n) is 15.3. The second-order valence-electron chi connectivity index (χ2n) is 6.94. The van der Waals surface area contributed by atoms with E-state index in [0.717, 1.165) is 24.8 Å². The summed E-state index contributed by atoms with van der Waals surface area (Å²) in [4.78, 5) is 24.7. The number of carbonyl (C=O) groups excluding carboxylic acids is 2. The first-order valence-electron chi connectivity index (χ1n) is 9.43. The molecule has 0 aliphatic heterocycles. The van der Waals surface area contributed by atoms with Crippen LogP contribution in [0.4, 0.5) is 5.69 Å². The van der Waals surface area contributed by atoms with Gasteiger partial charge in [-0.2, -0.15) is 0 Å². The van der Waals surface area contributed by atoms with E-state index >= 15 is 0 Å². The molecular formula is C22H26N2O2. The standard InChI is InChI=1S/C22H26N2O2/c1-2-3-6-16-9-11-17(12-10-16)15-21(25)24-20-8-5-4-7-19(20)22(26)23-18-13-14-18/h4-5,7-12,18H,2-3,6,13-15H2,1H3,(H,23,26)(H,24,25). The van der Waals surface area contributed by atoms with Gasteiger partial charge in [0.2, 0.25) is 5.91 Å². The van der Waals surface area contributed by atoms with Gasteiger partial charge >= 0.3 is 0 Å². The summed E-state index contributed by atoms with van der Waals surface area (Å²) in [5, 5.41) is 5.85. The Morgan fingerprint density at radius 2 is 1.69 bits per heavy atom. The number of unbranched alkanes of at least 4 members (excludes halogenated alkanes) is 1. The lowest BCUT2D eigenvalue weighted by atomic mass is 10.0. The van der Waals surface area contributed by atoms with E-state index in [9.17, 15) is 9.59 Å². The van der Waals surface area contributed by atoms with E-state index < -0.39 is 0 Å². The summed E-state index contributed by atoms with van der Waals surface area (Å²) in [6.07, 6.45) is 5.81. The lowest BCUT2D eigenvalue weighted by Gasteiger charge is -2.11. The van der Waals surface area contributed by atoms with E-state index in [4.69, 9.17) is 0 Å². The van der Waals surface area contributed by atoms with Crippen LogP contribution in [-0.4, -0.2) is 17.9 Å². The number of benzene rings is 2. The highest BCUT2D eigenvalue weighted by molar-refractivity contribution is 6.04. The van der Waals surface area contributed by atoms with Crippen molar-refractivity contribution in [3.05, 3.63) is 65.2 Å². The molecule has 26 heavy (non-hydrogen) atoms. The molecule has 1 saturated carbocycles. The molecule has 0 aromatic heterocycles. The van der Waals surface area contributed by atoms with Gasteiger partial charge in [0.05, 0.1) is 17.7 Å². The van der Waals surface area contributed by atoms with Crippen molar-refractivity contribution >= 4 is 17.5 Å². The van der Waals surface area contributed by atoms with Crippen molar-refractivity contribution in [2.75, 3.05) is 5.32 Å². The number of para-hydroxylation sites is 1. The number of carbonyl (C=O) groups is 2. The molecule has 1 fully saturated rings. The molecule has 0 spiro atoms. The third-order valence-corrected chi connectivity index (χ3v) is 4.57. The number of anilines is 1.